The molecule has 7 heteroatoms. The Morgan fingerprint density at radius 2 is 1.77 bits per heavy atom. The van der Waals surface area contributed by atoms with Gasteiger partial charge in [-0.1, -0.05) is 6.07 Å². The molecule has 1 amide bonds. The maximum absolute atomic E-state index is 12.2. The fourth-order valence-electron chi connectivity index (χ4n) is 1.75. The number of amides is 1. The van der Waals surface area contributed by atoms with Gasteiger partial charge >= 0.3 is 10.1 Å². The van der Waals surface area contributed by atoms with Gasteiger partial charge in [-0.05, 0) is 64.8 Å². The molecule has 2 aromatic carbocycles. The molecule has 0 aromatic heterocycles. The van der Waals surface area contributed by atoms with Crippen LogP contribution in [-0.2, 0) is 14.9 Å². The van der Waals surface area contributed by atoms with E-state index in [0.29, 0.717) is 10.2 Å². The van der Waals surface area contributed by atoms with Crippen LogP contribution in [0.25, 0.3) is 0 Å². The van der Waals surface area contributed by atoms with Gasteiger partial charge in [0.15, 0.2) is 5.75 Å². The molecule has 116 valence electrons. The Bertz CT molecular complexity index is 801. The van der Waals surface area contributed by atoms with Crippen molar-refractivity contribution in [1.29, 1.82) is 0 Å². The first-order valence-corrected chi connectivity index (χ1v) is 8.56. The third-order valence-electron chi connectivity index (χ3n) is 2.75. The topological polar surface area (TPSA) is 72.5 Å². The molecule has 5 nitrogen and oxygen atoms in total. The highest BCUT2D eigenvalue weighted by Gasteiger charge is 2.18. The second-order valence-electron chi connectivity index (χ2n) is 4.68. The van der Waals surface area contributed by atoms with Gasteiger partial charge in [0.05, 0.1) is 4.47 Å². The summed E-state index contributed by atoms with van der Waals surface area (Å²) in [6, 6.07) is 10.9. The number of rotatable bonds is 4. The molecule has 0 saturated carbocycles. The van der Waals surface area contributed by atoms with E-state index in [1.54, 1.807) is 18.2 Å². The minimum Gasteiger partial charge on any atom is -0.378 e. The second kappa shape index (κ2) is 6.50. The smallest absolute Gasteiger partial charge is 0.339 e. The fraction of sp³-hybridized carbons (Fsp3) is 0.133. The van der Waals surface area contributed by atoms with Gasteiger partial charge in [-0.3, -0.25) is 4.79 Å². The monoisotopic (exact) mass is 383 g/mol. The number of nitrogens with one attached hydrogen (secondary N) is 1. The highest BCUT2D eigenvalue weighted by Crippen LogP contribution is 2.29. The van der Waals surface area contributed by atoms with Crippen LogP contribution < -0.4 is 9.50 Å². The van der Waals surface area contributed by atoms with E-state index >= 15 is 0 Å². The summed E-state index contributed by atoms with van der Waals surface area (Å²) in [6.45, 7) is 3.27. The lowest BCUT2D eigenvalue weighted by Crippen LogP contribution is -2.11. The Labute approximate surface area is 137 Å². The van der Waals surface area contributed by atoms with Gasteiger partial charge in [-0.25, -0.2) is 0 Å². The molecule has 0 atom stereocenters. The third-order valence-corrected chi connectivity index (χ3v) is 4.62. The molecule has 22 heavy (non-hydrogen) atoms. The van der Waals surface area contributed by atoms with Crippen LogP contribution in [0, 0.1) is 6.92 Å². The standard InChI is InChI=1S/C15H14BrNO4S/c1-10-3-8-15(14(16)9-10)21-22(19,20)13-6-4-12(5-7-13)17-11(2)18/h3-9H,1-2H3,(H,17,18). The van der Waals surface area contributed by atoms with Gasteiger partial charge in [0.2, 0.25) is 5.91 Å². The molecule has 0 aliphatic rings. The lowest BCUT2D eigenvalue weighted by Gasteiger charge is -2.10. The van der Waals surface area contributed by atoms with Crippen molar-refractivity contribution < 1.29 is 17.4 Å². The van der Waals surface area contributed by atoms with Crippen LogP contribution in [0.2, 0.25) is 0 Å². The first-order valence-electron chi connectivity index (χ1n) is 6.36. The van der Waals surface area contributed by atoms with Crippen LogP contribution in [-0.4, -0.2) is 14.3 Å². The molecule has 0 aliphatic heterocycles. The highest BCUT2D eigenvalue weighted by atomic mass is 79.9. The molecule has 0 saturated heterocycles. The summed E-state index contributed by atoms with van der Waals surface area (Å²) in [5, 5.41) is 2.57. The molecular weight excluding hydrogens is 370 g/mol. The number of hydrogen-bond acceptors (Lipinski definition) is 4. The Kier molecular flexibility index (Phi) is 4.87. The van der Waals surface area contributed by atoms with Gasteiger partial charge in [0.25, 0.3) is 0 Å². The third kappa shape index (κ3) is 4.08. The Morgan fingerprint density at radius 1 is 1.14 bits per heavy atom. The van der Waals surface area contributed by atoms with Crippen LogP contribution in [0.15, 0.2) is 51.8 Å². The lowest BCUT2D eigenvalue weighted by molar-refractivity contribution is -0.114. The van der Waals surface area contributed by atoms with E-state index < -0.39 is 10.1 Å². The highest BCUT2D eigenvalue weighted by molar-refractivity contribution is 9.10. The van der Waals surface area contributed by atoms with Gasteiger partial charge in [0.1, 0.15) is 4.90 Å². The minimum absolute atomic E-state index is 0.00840. The quantitative estimate of drug-likeness (QED) is 0.820. The molecule has 0 radical (unpaired) electrons. The van der Waals surface area contributed by atoms with E-state index in [1.807, 2.05) is 6.92 Å². The Hall–Kier alpha value is -1.86. The summed E-state index contributed by atoms with van der Waals surface area (Å²) in [5.74, 6) is -0.00743. The van der Waals surface area contributed by atoms with Gasteiger partial charge in [-0.15, -0.1) is 0 Å². The van der Waals surface area contributed by atoms with Crippen LogP contribution in [0.1, 0.15) is 12.5 Å². The van der Waals surface area contributed by atoms with E-state index in [9.17, 15) is 13.2 Å². The second-order valence-corrected chi connectivity index (χ2v) is 7.08. The van der Waals surface area contributed by atoms with Crippen LogP contribution in [0.5, 0.6) is 5.75 Å². The van der Waals surface area contributed by atoms with E-state index in [2.05, 4.69) is 21.2 Å². The van der Waals surface area contributed by atoms with Crippen molar-refractivity contribution >= 4 is 37.6 Å². The Balaban J connectivity index is 2.24. The summed E-state index contributed by atoms with van der Waals surface area (Å²) >= 11 is 3.27. The molecule has 1 N–H and O–H groups in total. The molecule has 0 bridgehead atoms. The number of aryl methyl sites for hydroxylation is 1. The molecule has 0 heterocycles. The average Bonchev–Trinajstić information content (AvgIpc) is 2.42. The average molecular weight is 384 g/mol. The van der Waals surface area contributed by atoms with Crippen molar-refractivity contribution in [3.05, 3.63) is 52.5 Å². The molecule has 0 spiro atoms. The van der Waals surface area contributed by atoms with Crippen molar-refractivity contribution in [3.8, 4) is 5.75 Å². The predicted octanol–water partition coefficient (Wildman–Crippen LogP) is 3.48. The zero-order valence-electron chi connectivity index (χ0n) is 12.0. The van der Waals surface area contributed by atoms with Gasteiger partial charge in [0, 0.05) is 12.6 Å². The van der Waals surface area contributed by atoms with Crippen molar-refractivity contribution in [2.75, 3.05) is 5.32 Å². The van der Waals surface area contributed by atoms with Crippen molar-refractivity contribution in [1.82, 2.24) is 0 Å². The minimum atomic E-state index is -3.94. The largest absolute Gasteiger partial charge is 0.378 e. The molecule has 0 unspecified atom stereocenters. The van der Waals surface area contributed by atoms with Gasteiger partial charge < -0.3 is 9.50 Å². The molecule has 2 aromatic rings. The summed E-state index contributed by atoms with van der Waals surface area (Å²) in [5.41, 5.74) is 1.50. The summed E-state index contributed by atoms with van der Waals surface area (Å²) in [7, 11) is -3.94. The zero-order valence-corrected chi connectivity index (χ0v) is 14.4. The van der Waals surface area contributed by atoms with E-state index in [-0.39, 0.29) is 16.6 Å². The van der Waals surface area contributed by atoms with Crippen LogP contribution in [0.4, 0.5) is 5.69 Å². The summed E-state index contributed by atoms with van der Waals surface area (Å²) in [6.07, 6.45) is 0. The molecular formula is C15H14BrNO4S. The van der Waals surface area contributed by atoms with Crippen LogP contribution >= 0.6 is 15.9 Å². The van der Waals surface area contributed by atoms with Crippen LogP contribution in [0.3, 0.4) is 0 Å². The number of benzene rings is 2. The number of carbonyl (C=O) groups excluding carboxylic acids is 1. The molecule has 0 aliphatic carbocycles. The molecule has 2 rings (SSSR count). The van der Waals surface area contributed by atoms with Crippen molar-refractivity contribution in [2.24, 2.45) is 0 Å². The summed E-state index contributed by atoms with van der Waals surface area (Å²) < 4.78 is 30.2. The van der Waals surface area contributed by atoms with Crippen molar-refractivity contribution in [3.63, 3.8) is 0 Å². The zero-order chi connectivity index (χ0) is 16.3. The SMILES string of the molecule is CC(=O)Nc1ccc(S(=O)(=O)Oc2ccc(C)cc2Br)cc1. The van der Waals surface area contributed by atoms with Crippen molar-refractivity contribution in [2.45, 2.75) is 18.7 Å². The van der Waals surface area contributed by atoms with E-state index in [4.69, 9.17) is 4.18 Å². The first kappa shape index (κ1) is 16.5. The number of hydrogen-bond donors (Lipinski definition) is 1. The normalized spacial score (nSPS) is 11.0. The predicted molar refractivity (Wildman–Crippen MR) is 87.4 cm³/mol. The molecule has 0 fully saturated rings. The van der Waals surface area contributed by atoms with E-state index in [0.717, 1.165) is 5.56 Å². The van der Waals surface area contributed by atoms with E-state index in [1.165, 1.54) is 31.2 Å². The van der Waals surface area contributed by atoms with Gasteiger partial charge in [-0.2, -0.15) is 8.42 Å². The number of anilines is 1. The Morgan fingerprint density at radius 3 is 2.32 bits per heavy atom. The first-order chi connectivity index (χ1) is 10.3. The number of halogens is 1. The lowest BCUT2D eigenvalue weighted by atomic mass is 10.2. The number of carbonyl (C=O) groups is 1. The fourth-order valence-corrected chi connectivity index (χ4v) is 3.38. The summed E-state index contributed by atoms with van der Waals surface area (Å²) in [4.78, 5) is 11.0. The maximum atomic E-state index is 12.2. The maximum Gasteiger partial charge on any atom is 0.339 e.